The summed E-state index contributed by atoms with van der Waals surface area (Å²) >= 11 is 6.10. The van der Waals surface area contributed by atoms with E-state index >= 15 is 0 Å². The minimum absolute atomic E-state index is 0.277. The minimum Gasteiger partial charge on any atom is -0.370 e. The van der Waals surface area contributed by atoms with Crippen LogP contribution in [0, 0.1) is 5.92 Å². The molecule has 128 valence electrons. The molecule has 2 heterocycles. The predicted octanol–water partition coefficient (Wildman–Crippen LogP) is 1.98. The third-order valence-corrected chi connectivity index (χ3v) is 6.10. The fourth-order valence-corrected chi connectivity index (χ4v) is 4.42. The van der Waals surface area contributed by atoms with Gasteiger partial charge in [-0.05, 0) is 37.0 Å². The van der Waals surface area contributed by atoms with Gasteiger partial charge in [-0.1, -0.05) is 11.6 Å². The van der Waals surface area contributed by atoms with E-state index in [9.17, 15) is 8.42 Å². The lowest BCUT2D eigenvalue weighted by Crippen LogP contribution is -2.26. The highest BCUT2D eigenvalue weighted by atomic mass is 35.5. The van der Waals surface area contributed by atoms with Gasteiger partial charge in [-0.25, -0.2) is 13.1 Å². The van der Waals surface area contributed by atoms with E-state index in [2.05, 4.69) is 15.0 Å². The molecule has 0 saturated heterocycles. The van der Waals surface area contributed by atoms with E-state index < -0.39 is 10.0 Å². The molecule has 0 atom stereocenters. The van der Waals surface area contributed by atoms with Crippen LogP contribution in [0.2, 0.25) is 5.02 Å². The number of hydrogen-bond acceptors (Lipinski definition) is 4. The number of rotatable bonds is 6. The van der Waals surface area contributed by atoms with Gasteiger partial charge in [-0.2, -0.15) is 0 Å². The van der Waals surface area contributed by atoms with Crippen LogP contribution in [0.25, 0.3) is 10.9 Å². The highest BCUT2D eigenvalue weighted by Gasteiger charge is 2.26. The zero-order valence-corrected chi connectivity index (χ0v) is 14.7. The average Bonchev–Trinajstić information content (AvgIpc) is 3.11. The Bertz CT molecular complexity index is 916. The van der Waals surface area contributed by atoms with Crippen LogP contribution in [-0.4, -0.2) is 38.5 Å². The lowest BCUT2D eigenvalue weighted by molar-refractivity contribution is 0.578. The van der Waals surface area contributed by atoms with Gasteiger partial charge in [0, 0.05) is 35.2 Å². The summed E-state index contributed by atoms with van der Waals surface area (Å²) in [6.45, 7) is 2.61. The topological polar surface area (TPSA) is 75.5 Å². The molecular formula is C16H19ClN4O2S. The molecule has 1 aromatic heterocycles. The van der Waals surface area contributed by atoms with Gasteiger partial charge >= 0.3 is 0 Å². The summed E-state index contributed by atoms with van der Waals surface area (Å²) in [5, 5.41) is 4.38. The Hall–Kier alpha value is -1.57. The number of sulfonamides is 1. The van der Waals surface area contributed by atoms with Crippen molar-refractivity contribution in [2.24, 2.45) is 10.9 Å². The van der Waals surface area contributed by atoms with E-state index in [-0.39, 0.29) is 4.90 Å². The Labute approximate surface area is 145 Å². The third kappa shape index (κ3) is 3.16. The summed E-state index contributed by atoms with van der Waals surface area (Å²) in [5.41, 5.74) is 0.836. The molecule has 2 aliphatic rings. The second-order valence-corrected chi connectivity index (χ2v) is 8.50. The molecule has 1 fully saturated rings. The number of hydrogen-bond donors (Lipinski definition) is 2. The molecule has 6 nitrogen and oxygen atoms in total. The summed E-state index contributed by atoms with van der Waals surface area (Å²) in [6.07, 6.45) is 3.88. The van der Waals surface area contributed by atoms with Crippen LogP contribution in [0.4, 0.5) is 0 Å². The van der Waals surface area contributed by atoms with Crippen molar-refractivity contribution in [3.63, 3.8) is 0 Å². The van der Waals surface area contributed by atoms with Crippen molar-refractivity contribution in [1.29, 1.82) is 0 Å². The number of aliphatic imine (C=N–C) groups is 1. The zero-order chi connectivity index (χ0) is 16.7. The molecule has 0 bridgehead atoms. The zero-order valence-electron chi connectivity index (χ0n) is 13.1. The fraction of sp³-hybridized carbons (Fsp3) is 0.438. The van der Waals surface area contributed by atoms with Crippen LogP contribution >= 0.6 is 11.6 Å². The predicted molar refractivity (Wildman–Crippen MR) is 95.2 cm³/mol. The van der Waals surface area contributed by atoms with Crippen molar-refractivity contribution in [1.82, 2.24) is 14.6 Å². The Morgan fingerprint density at radius 2 is 2.21 bits per heavy atom. The molecule has 1 saturated carbocycles. The first-order valence-electron chi connectivity index (χ1n) is 8.08. The Morgan fingerprint density at radius 3 is 2.92 bits per heavy atom. The van der Waals surface area contributed by atoms with Gasteiger partial charge in [-0.3, -0.25) is 4.99 Å². The van der Waals surface area contributed by atoms with Crippen LogP contribution < -0.4 is 10.0 Å². The molecule has 8 heteroatoms. The second-order valence-electron chi connectivity index (χ2n) is 6.33. The summed E-state index contributed by atoms with van der Waals surface area (Å²) in [6, 6.07) is 5.34. The number of amidine groups is 1. The van der Waals surface area contributed by atoms with Crippen molar-refractivity contribution in [3.05, 3.63) is 29.4 Å². The first-order chi connectivity index (χ1) is 11.5. The number of nitrogens with zero attached hydrogens (tertiary/aromatic N) is 2. The first-order valence-corrected chi connectivity index (χ1v) is 9.94. The SMILES string of the molecule is O=S(=O)(NCC1CC1)c1cn(CC2=NCCN2)c2ccc(Cl)cc12. The molecular weight excluding hydrogens is 348 g/mol. The maximum atomic E-state index is 12.7. The highest BCUT2D eigenvalue weighted by molar-refractivity contribution is 7.89. The van der Waals surface area contributed by atoms with E-state index in [1.165, 1.54) is 0 Å². The molecule has 2 aromatic rings. The highest BCUT2D eigenvalue weighted by Crippen LogP contribution is 2.30. The van der Waals surface area contributed by atoms with Gasteiger partial charge in [0.1, 0.15) is 10.7 Å². The normalized spacial score (nSPS) is 18.0. The molecule has 2 N–H and O–H groups in total. The Kier molecular flexibility index (Phi) is 4.02. The van der Waals surface area contributed by atoms with Gasteiger partial charge in [-0.15, -0.1) is 0 Å². The summed E-state index contributed by atoms with van der Waals surface area (Å²) < 4.78 is 30.1. The van der Waals surface area contributed by atoms with Crippen molar-refractivity contribution < 1.29 is 8.42 Å². The van der Waals surface area contributed by atoms with E-state index in [0.717, 1.165) is 37.3 Å². The molecule has 1 aliphatic carbocycles. The lowest BCUT2D eigenvalue weighted by atomic mass is 10.2. The maximum Gasteiger partial charge on any atom is 0.242 e. The van der Waals surface area contributed by atoms with Gasteiger partial charge in [0.05, 0.1) is 13.1 Å². The molecule has 0 unspecified atom stereocenters. The molecule has 1 aromatic carbocycles. The fourth-order valence-electron chi connectivity index (χ4n) is 2.92. The summed E-state index contributed by atoms with van der Waals surface area (Å²) in [4.78, 5) is 4.67. The van der Waals surface area contributed by atoms with Crippen LogP contribution in [0.5, 0.6) is 0 Å². The number of aromatic nitrogens is 1. The first kappa shape index (κ1) is 15.9. The number of benzene rings is 1. The number of halogens is 1. The van der Waals surface area contributed by atoms with Crippen LogP contribution in [0.3, 0.4) is 0 Å². The van der Waals surface area contributed by atoms with Crippen molar-refractivity contribution in [2.75, 3.05) is 19.6 Å². The lowest BCUT2D eigenvalue weighted by Gasteiger charge is -2.05. The van der Waals surface area contributed by atoms with Crippen LogP contribution in [0.1, 0.15) is 12.8 Å². The molecule has 24 heavy (non-hydrogen) atoms. The van der Waals surface area contributed by atoms with Gasteiger partial charge in [0.2, 0.25) is 10.0 Å². The Morgan fingerprint density at radius 1 is 1.38 bits per heavy atom. The van der Waals surface area contributed by atoms with Gasteiger partial charge in [0.15, 0.2) is 0 Å². The Balaban J connectivity index is 1.74. The van der Waals surface area contributed by atoms with Crippen molar-refractivity contribution in [2.45, 2.75) is 24.3 Å². The standard InChI is InChI=1S/C16H19ClN4O2S/c17-12-3-4-14-13(7-12)15(24(22,23)20-8-11-1-2-11)9-21(14)10-16-18-5-6-19-16/h3-4,7,9,11,20H,1-2,5-6,8,10H2,(H,18,19). The largest absolute Gasteiger partial charge is 0.370 e. The molecule has 0 radical (unpaired) electrons. The molecule has 0 spiro atoms. The smallest absolute Gasteiger partial charge is 0.242 e. The number of nitrogens with one attached hydrogen (secondary N) is 2. The molecule has 4 rings (SSSR count). The van der Waals surface area contributed by atoms with Crippen LogP contribution in [0.15, 0.2) is 34.3 Å². The quantitative estimate of drug-likeness (QED) is 0.820. The minimum atomic E-state index is -3.56. The van der Waals surface area contributed by atoms with Gasteiger partial charge < -0.3 is 9.88 Å². The summed E-state index contributed by atoms with van der Waals surface area (Å²) in [7, 11) is -3.56. The van der Waals surface area contributed by atoms with E-state index in [1.807, 2.05) is 10.6 Å². The van der Waals surface area contributed by atoms with Crippen LogP contribution in [-0.2, 0) is 16.6 Å². The van der Waals surface area contributed by atoms with Gasteiger partial charge in [0.25, 0.3) is 0 Å². The van der Waals surface area contributed by atoms with E-state index in [1.54, 1.807) is 18.3 Å². The van der Waals surface area contributed by atoms with E-state index in [4.69, 9.17) is 11.6 Å². The molecule has 0 amide bonds. The summed E-state index contributed by atoms with van der Waals surface area (Å²) in [5.74, 6) is 1.35. The second kappa shape index (κ2) is 6.06. The maximum absolute atomic E-state index is 12.7. The van der Waals surface area contributed by atoms with Crippen molar-refractivity contribution in [3.8, 4) is 0 Å². The average molecular weight is 367 g/mol. The monoisotopic (exact) mass is 366 g/mol. The van der Waals surface area contributed by atoms with Crippen molar-refractivity contribution >= 4 is 38.4 Å². The van der Waals surface area contributed by atoms with E-state index in [0.29, 0.717) is 29.4 Å². The number of fused-ring (bicyclic) bond motifs is 1. The molecule has 1 aliphatic heterocycles. The third-order valence-electron chi connectivity index (χ3n) is 4.42.